The fourth-order valence-electron chi connectivity index (χ4n) is 2.85. The standard InChI is InChI=1S/C18H19N5O2S2/c1-10-20-9-13(23(10)2)11-8-12(14-4-5-21-25-14)22-17-15(11)16(19)18(27-17)26-7-6-24-3/h4-5,8-9H,6-7,19H2,1-3H3. The zero-order valence-electron chi connectivity index (χ0n) is 15.2. The molecule has 4 rings (SSSR count). The van der Waals surface area contributed by atoms with Gasteiger partial charge in [-0.25, -0.2) is 9.97 Å². The van der Waals surface area contributed by atoms with Crippen molar-refractivity contribution in [3.63, 3.8) is 0 Å². The maximum Gasteiger partial charge on any atom is 0.185 e. The van der Waals surface area contributed by atoms with Crippen molar-refractivity contribution in [1.29, 1.82) is 0 Å². The van der Waals surface area contributed by atoms with Crippen molar-refractivity contribution in [3.8, 4) is 22.7 Å². The molecule has 0 saturated heterocycles. The lowest BCUT2D eigenvalue weighted by Gasteiger charge is -2.08. The van der Waals surface area contributed by atoms with E-state index >= 15 is 0 Å². The molecule has 0 bridgehead atoms. The lowest BCUT2D eigenvalue weighted by molar-refractivity contribution is 0.218. The summed E-state index contributed by atoms with van der Waals surface area (Å²) in [6.45, 7) is 2.64. The molecule has 0 aromatic carbocycles. The summed E-state index contributed by atoms with van der Waals surface area (Å²) in [5.74, 6) is 2.39. The van der Waals surface area contributed by atoms with Gasteiger partial charge in [-0.05, 0) is 13.0 Å². The van der Waals surface area contributed by atoms with E-state index in [2.05, 4.69) is 10.1 Å². The molecule has 0 aliphatic rings. The molecule has 2 N–H and O–H groups in total. The third kappa shape index (κ3) is 3.22. The normalized spacial score (nSPS) is 11.5. The molecule has 4 heterocycles. The van der Waals surface area contributed by atoms with E-state index in [-0.39, 0.29) is 0 Å². The molecule has 0 saturated carbocycles. The van der Waals surface area contributed by atoms with Crippen LogP contribution < -0.4 is 5.73 Å². The summed E-state index contributed by atoms with van der Waals surface area (Å²) in [4.78, 5) is 10.1. The average molecular weight is 402 g/mol. The van der Waals surface area contributed by atoms with Crippen LogP contribution in [0, 0.1) is 6.92 Å². The predicted molar refractivity (Wildman–Crippen MR) is 109 cm³/mol. The van der Waals surface area contributed by atoms with Crippen molar-refractivity contribution in [2.75, 3.05) is 25.2 Å². The first-order valence-electron chi connectivity index (χ1n) is 8.34. The molecule has 0 spiro atoms. The van der Waals surface area contributed by atoms with E-state index in [0.717, 1.165) is 48.6 Å². The lowest BCUT2D eigenvalue weighted by atomic mass is 10.1. The van der Waals surface area contributed by atoms with Gasteiger partial charge >= 0.3 is 0 Å². The average Bonchev–Trinajstić information content (AvgIpc) is 3.37. The minimum Gasteiger partial charge on any atom is -0.397 e. The summed E-state index contributed by atoms with van der Waals surface area (Å²) in [6, 6.07) is 3.80. The first kappa shape index (κ1) is 18.0. The lowest BCUT2D eigenvalue weighted by Crippen LogP contribution is -1.97. The van der Waals surface area contributed by atoms with Crippen LogP contribution in [0.2, 0.25) is 0 Å². The molecule has 0 unspecified atom stereocenters. The van der Waals surface area contributed by atoms with Crippen LogP contribution in [0.3, 0.4) is 0 Å². The highest BCUT2D eigenvalue weighted by Gasteiger charge is 2.20. The second-order valence-corrected chi connectivity index (χ2v) is 8.37. The monoisotopic (exact) mass is 401 g/mol. The van der Waals surface area contributed by atoms with Gasteiger partial charge in [0.15, 0.2) is 5.76 Å². The zero-order valence-corrected chi connectivity index (χ0v) is 16.9. The van der Waals surface area contributed by atoms with E-state index in [9.17, 15) is 0 Å². The fraction of sp³-hybridized carbons (Fsp3) is 0.278. The minimum absolute atomic E-state index is 0.623. The van der Waals surface area contributed by atoms with Crippen LogP contribution >= 0.6 is 23.1 Å². The van der Waals surface area contributed by atoms with Gasteiger partial charge in [-0.2, -0.15) is 0 Å². The highest BCUT2D eigenvalue weighted by Crippen LogP contribution is 2.45. The molecule has 4 aromatic heterocycles. The Balaban J connectivity index is 1.93. The third-order valence-corrected chi connectivity index (χ3v) is 6.72. The number of methoxy groups -OCH3 is 1. The second-order valence-electron chi connectivity index (χ2n) is 6.01. The van der Waals surface area contributed by atoms with Crippen molar-refractivity contribution >= 4 is 39.0 Å². The van der Waals surface area contributed by atoms with Crippen molar-refractivity contribution in [1.82, 2.24) is 19.7 Å². The predicted octanol–water partition coefficient (Wildman–Crippen LogP) is 3.98. The molecule has 0 atom stereocenters. The number of hydrogen-bond donors (Lipinski definition) is 1. The number of thioether (sulfide) groups is 1. The van der Waals surface area contributed by atoms with E-state index in [1.807, 2.05) is 30.8 Å². The smallest absolute Gasteiger partial charge is 0.185 e. The molecule has 0 fully saturated rings. The number of thiophene rings is 1. The molecule has 0 aliphatic heterocycles. The Morgan fingerprint density at radius 2 is 2.26 bits per heavy atom. The molecule has 0 amide bonds. The van der Waals surface area contributed by atoms with Gasteiger partial charge < -0.3 is 19.6 Å². The van der Waals surface area contributed by atoms with Gasteiger partial charge in [-0.15, -0.1) is 23.1 Å². The van der Waals surface area contributed by atoms with E-state index < -0.39 is 0 Å². The molecular formula is C18H19N5O2S2. The first-order valence-corrected chi connectivity index (χ1v) is 10.1. The number of nitrogen functional groups attached to an aromatic ring is 1. The van der Waals surface area contributed by atoms with Crippen molar-refractivity contribution in [3.05, 3.63) is 30.4 Å². The fourth-order valence-corrected chi connectivity index (χ4v) is 5.12. The molecule has 9 heteroatoms. The summed E-state index contributed by atoms with van der Waals surface area (Å²) in [6.07, 6.45) is 3.48. The molecule has 140 valence electrons. The maximum absolute atomic E-state index is 6.53. The number of hydrogen-bond acceptors (Lipinski definition) is 8. The Bertz CT molecular complexity index is 1090. The van der Waals surface area contributed by atoms with E-state index in [4.69, 9.17) is 20.0 Å². The maximum atomic E-state index is 6.53. The van der Waals surface area contributed by atoms with Gasteiger partial charge in [0.05, 0.1) is 34.6 Å². The Kier molecular flexibility index (Phi) is 4.90. The molecule has 4 aromatic rings. The number of nitrogens with zero attached hydrogens (tertiary/aromatic N) is 4. The van der Waals surface area contributed by atoms with Crippen LogP contribution in [-0.2, 0) is 11.8 Å². The highest BCUT2D eigenvalue weighted by molar-refractivity contribution is 8.01. The molecule has 0 radical (unpaired) electrons. The van der Waals surface area contributed by atoms with Gasteiger partial charge in [-0.1, -0.05) is 5.16 Å². The number of ether oxygens (including phenoxy) is 1. The third-order valence-electron chi connectivity index (χ3n) is 4.37. The summed E-state index contributed by atoms with van der Waals surface area (Å²) < 4.78 is 13.6. The molecule has 7 nitrogen and oxygen atoms in total. The number of rotatable bonds is 6. The Morgan fingerprint density at radius 3 is 2.93 bits per heavy atom. The van der Waals surface area contributed by atoms with Crippen molar-refractivity contribution in [2.45, 2.75) is 11.1 Å². The Labute approximate surface area is 164 Å². The number of aromatic nitrogens is 4. The van der Waals surface area contributed by atoms with E-state index in [1.54, 1.807) is 42.5 Å². The number of pyridine rings is 1. The quantitative estimate of drug-likeness (QED) is 0.386. The largest absolute Gasteiger partial charge is 0.397 e. The molecule has 0 aliphatic carbocycles. The van der Waals surface area contributed by atoms with Gasteiger partial charge in [0.1, 0.15) is 16.3 Å². The van der Waals surface area contributed by atoms with Gasteiger partial charge in [0.2, 0.25) is 0 Å². The number of nitrogens with two attached hydrogens (primary N) is 1. The van der Waals surface area contributed by atoms with Crippen LogP contribution in [0.25, 0.3) is 32.9 Å². The Morgan fingerprint density at radius 1 is 1.41 bits per heavy atom. The first-order chi connectivity index (χ1) is 13.1. The number of fused-ring (bicyclic) bond motifs is 1. The zero-order chi connectivity index (χ0) is 19.0. The second kappa shape index (κ2) is 7.34. The van der Waals surface area contributed by atoms with Crippen molar-refractivity contribution < 1.29 is 9.26 Å². The number of imidazole rings is 1. The van der Waals surface area contributed by atoms with E-state index in [1.165, 1.54) is 0 Å². The molecule has 27 heavy (non-hydrogen) atoms. The molecular weight excluding hydrogens is 382 g/mol. The number of anilines is 1. The summed E-state index contributed by atoms with van der Waals surface area (Å²) in [5.41, 5.74) is 9.98. The van der Waals surface area contributed by atoms with E-state index in [0.29, 0.717) is 12.4 Å². The van der Waals surface area contributed by atoms with Crippen LogP contribution in [0.1, 0.15) is 5.82 Å². The number of aryl methyl sites for hydroxylation is 1. The van der Waals surface area contributed by atoms with Gasteiger partial charge in [0, 0.05) is 36.9 Å². The van der Waals surface area contributed by atoms with Crippen LogP contribution in [0.15, 0.2) is 33.3 Å². The van der Waals surface area contributed by atoms with Crippen molar-refractivity contribution in [2.24, 2.45) is 7.05 Å². The topological polar surface area (TPSA) is 92.0 Å². The highest BCUT2D eigenvalue weighted by atomic mass is 32.2. The SMILES string of the molecule is COCCSc1sc2nc(-c3ccno3)cc(-c3cnc(C)n3C)c2c1N. The summed E-state index contributed by atoms with van der Waals surface area (Å²) in [7, 11) is 3.69. The van der Waals surface area contributed by atoms with Crippen LogP contribution in [0.4, 0.5) is 5.69 Å². The summed E-state index contributed by atoms with van der Waals surface area (Å²) in [5, 5.41) is 4.75. The Hall–Kier alpha value is -2.36. The van der Waals surface area contributed by atoms with Gasteiger partial charge in [-0.3, -0.25) is 0 Å². The summed E-state index contributed by atoms with van der Waals surface area (Å²) >= 11 is 3.27. The van der Waals surface area contributed by atoms with Crippen LogP contribution in [-0.4, -0.2) is 39.2 Å². The minimum atomic E-state index is 0.623. The van der Waals surface area contributed by atoms with Gasteiger partial charge in [0.25, 0.3) is 0 Å². The van der Waals surface area contributed by atoms with Crippen LogP contribution in [0.5, 0.6) is 0 Å².